The molecule has 0 saturated carbocycles. The van der Waals surface area contributed by atoms with Crippen LogP contribution in [0, 0.1) is 0 Å². The van der Waals surface area contributed by atoms with Crippen LogP contribution in [0.15, 0.2) is 35.2 Å². The van der Waals surface area contributed by atoms with Crippen molar-refractivity contribution in [3.8, 4) is 0 Å². The predicted octanol–water partition coefficient (Wildman–Crippen LogP) is 0.612. The van der Waals surface area contributed by atoms with Crippen molar-refractivity contribution in [3.05, 3.63) is 30.3 Å². The Balaban J connectivity index is 2.46. The minimum Gasteiger partial charge on any atom is -0.456 e. The summed E-state index contributed by atoms with van der Waals surface area (Å²) in [5.74, 6) is -2.25. The summed E-state index contributed by atoms with van der Waals surface area (Å²) >= 11 is 0. The fourth-order valence-electron chi connectivity index (χ4n) is 2.72. The van der Waals surface area contributed by atoms with E-state index in [4.69, 9.17) is 18.9 Å². The Morgan fingerprint density at radius 1 is 0.889 bits per heavy atom. The lowest BCUT2D eigenvalue weighted by Crippen LogP contribution is -2.59. The highest BCUT2D eigenvalue weighted by Gasteiger charge is 2.52. The maximum absolute atomic E-state index is 13.0. The summed E-state index contributed by atoms with van der Waals surface area (Å²) in [4.78, 5) is 34.3. The van der Waals surface area contributed by atoms with Gasteiger partial charge in [0.25, 0.3) is 0 Å². The third-order valence-electron chi connectivity index (χ3n) is 3.68. The van der Waals surface area contributed by atoms with Gasteiger partial charge in [-0.1, -0.05) is 18.2 Å². The number of ether oxygens (including phenoxy) is 4. The van der Waals surface area contributed by atoms with Gasteiger partial charge in [-0.25, -0.2) is 8.42 Å². The van der Waals surface area contributed by atoms with Crippen LogP contribution in [0.5, 0.6) is 0 Å². The summed E-state index contributed by atoms with van der Waals surface area (Å²) in [5, 5.41) is 0. The molecule has 9 nitrogen and oxygen atoms in total. The number of carbonyl (C=O) groups is 3. The van der Waals surface area contributed by atoms with Crippen molar-refractivity contribution in [1.29, 1.82) is 0 Å². The van der Waals surface area contributed by atoms with Gasteiger partial charge in [-0.15, -0.1) is 0 Å². The average Bonchev–Trinajstić information content (AvgIpc) is 2.57. The Morgan fingerprint density at radius 2 is 1.41 bits per heavy atom. The van der Waals surface area contributed by atoms with E-state index in [2.05, 4.69) is 0 Å². The first-order chi connectivity index (χ1) is 12.6. The predicted molar refractivity (Wildman–Crippen MR) is 90.0 cm³/mol. The van der Waals surface area contributed by atoms with Crippen LogP contribution in [0.4, 0.5) is 0 Å². The van der Waals surface area contributed by atoms with Gasteiger partial charge in [0.05, 0.1) is 11.5 Å². The molecule has 1 fully saturated rings. The summed E-state index contributed by atoms with van der Waals surface area (Å²) in [6.07, 6.45) is -3.99. The van der Waals surface area contributed by atoms with Crippen molar-refractivity contribution in [2.75, 3.05) is 6.61 Å². The molecule has 0 N–H and O–H groups in total. The lowest BCUT2D eigenvalue weighted by atomic mass is 10.1. The van der Waals surface area contributed by atoms with E-state index >= 15 is 0 Å². The van der Waals surface area contributed by atoms with Crippen LogP contribution >= 0.6 is 0 Å². The van der Waals surface area contributed by atoms with Crippen molar-refractivity contribution in [3.63, 3.8) is 0 Å². The van der Waals surface area contributed by atoms with Gasteiger partial charge in [0.15, 0.2) is 18.3 Å². The van der Waals surface area contributed by atoms with Crippen LogP contribution in [-0.4, -0.2) is 56.7 Å². The second-order valence-corrected chi connectivity index (χ2v) is 7.88. The van der Waals surface area contributed by atoms with Crippen molar-refractivity contribution in [2.45, 2.75) is 49.4 Å². The molecule has 0 amide bonds. The molecule has 1 saturated heterocycles. The molecule has 1 aromatic carbocycles. The van der Waals surface area contributed by atoms with Crippen molar-refractivity contribution >= 4 is 27.7 Å². The zero-order valence-electron chi connectivity index (χ0n) is 15.0. The maximum atomic E-state index is 13.0. The van der Waals surface area contributed by atoms with E-state index in [9.17, 15) is 22.8 Å². The minimum absolute atomic E-state index is 0.0559. The van der Waals surface area contributed by atoms with Gasteiger partial charge < -0.3 is 18.9 Å². The van der Waals surface area contributed by atoms with Crippen LogP contribution in [0.3, 0.4) is 0 Å². The normalized spacial score (nSPS) is 25.3. The van der Waals surface area contributed by atoms with E-state index in [-0.39, 0.29) is 11.5 Å². The minimum atomic E-state index is -4.11. The van der Waals surface area contributed by atoms with Crippen LogP contribution in [0.2, 0.25) is 0 Å². The summed E-state index contributed by atoms with van der Waals surface area (Å²) in [6, 6.07) is 7.43. The first kappa shape index (κ1) is 20.8. The molecule has 10 heteroatoms. The molecule has 1 aliphatic rings. The molecule has 0 unspecified atom stereocenters. The topological polar surface area (TPSA) is 122 Å². The van der Waals surface area contributed by atoms with E-state index in [0.29, 0.717) is 0 Å². The fourth-order valence-corrected chi connectivity index (χ4v) is 4.35. The third kappa shape index (κ3) is 5.04. The molecule has 0 bridgehead atoms. The van der Waals surface area contributed by atoms with Crippen LogP contribution in [-0.2, 0) is 43.2 Å². The number of hydrogen-bond acceptors (Lipinski definition) is 9. The van der Waals surface area contributed by atoms with Crippen LogP contribution < -0.4 is 0 Å². The largest absolute Gasteiger partial charge is 0.456 e. The van der Waals surface area contributed by atoms with Gasteiger partial charge in [-0.3, -0.25) is 14.4 Å². The number of benzene rings is 1. The standard InChI is InChI=1S/C17H20O9S/c1-10(18)24-14-9-23-17(27(21,22)13-7-5-4-6-8-13)16(26-12(3)20)15(14)25-11(2)19/h4-8,14-17H,9H2,1-3H3/t14-,15+,16+,17-/m0/s1. The number of carbonyl (C=O) groups excluding carboxylic acids is 3. The number of rotatable bonds is 5. The number of esters is 3. The monoisotopic (exact) mass is 400 g/mol. The Morgan fingerprint density at radius 3 is 1.93 bits per heavy atom. The van der Waals surface area contributed by atoms with Gasteiger partial charge in [0.2, 0.25) is 15.3 Å². The molecule has 0 radical (unpaired) electrons. The molecule has 2 rings (SSSR count). The zero-order valence-corrected chi connectivity index (χ0v) is 15.8. The van der Waals surface area contributed by atoms with Crippen molar-refractivity contribution < 1.29 is 41.7 Å². The second-order valence-electron chi connectivity index (χ2n) is 5.86. The molecule has 0 spiro atoms. The quantitative estimate of drug-likeness (QED) is 0.517. The van der Waals surface area contributed by atoms with E-state index in [1.807, 2.05) is 0 Å². The summed E-state index contributed by atoms with van der Waals surface area (Å²) < 4.78 is 46.7. The lowest BCUT2D eigenvalue weighted by Gasteiger charge is -2.40. The SMILES string of the molecule is CC(=O)O[C@@H]1[C@H](OC(C)=O)[C@@H](OC(C)=O)CO[C@H]1S(=O)(=O)c1ccccc1. The third-order valence-corrected chi connectivity index (χ3v) is 5.63. The fraction of sp³-hybridized carbons (Fsp3) is 0.471. The van der Waals surface area contributed by atoms with Crippen molar-refractivity contribution in [2.24, 2.45) is 0 Å². The zero-order chi connectivity index (χ0) is 20.2. The number of hydrogen-bond donors (Lipinski definition) is 0. The highest BCUT2D eigenvalue weighted by Crippen LogP contribution is 2.30. The summed E-state index contributed by atoms with van der Waals surface area (Å²) in [5.41, 5.74) is -1.64. The molecule has 27 heavy (non-hydrogen) atoms. The van der Waals surface area contributed by atoms with E-state index < -0.39 is 51.5 Å². The highest BCUT2D eigenvalue weighted by atomic mass is 32.2. The van der Waals surface area contributed by atoms with E-state index in [0.717, 1.165) is 20.8 Å². The second kappa shape index (κ2) is 8.49. The van der Waals surface area contributed by atoms with Gasteiger partial charge >= 0.3 is 17.9 Å². The Bertz CT molecular complexity index is 803. The Labute approximate surface area is 156 Å². The van der Waals surface area contributed by atoms with Gasteiger partial charge in [0, 0.05) is 20.8 Å². The first-order valence-corrected chi connectivity index (χ1v) is 9.59. The molecular weight excluding hydrogens is 380 g/mol. The first-order valence-electron chi connectivity index (χ1n) is 8.05. The molecule has 4 atom stereocenters. The number of sulfone groups is 1. The molecular formula is C17H20O9S. The Hall–Kier alpha value is -2.46. The maximum Gasteiger partial charge on any atom is 0.303 e. The molecule has 0 aliphatic carbocycles. The molecule has 1 aromatic rings. The van der Waals surface area contributed by atoms with Gasteiger partial charge in [-0.05, 0) is 12.1 Å². The summed E-state index contributed by atoms with van der Waals surface area (Å²) in [7, 11) is -4.11. The van der Waals surface area contributed by atoms with Crippen LogP contribution in [0.25, 0.3) is 0 Å². The van der Waals surface area contributed by atoms with E-state index in [1.165, 1.54) is 24.3 Å². The van der Waals surface area contributed by atoms with E-state index in [1.54, 1.807) is 6.07 Å². The van der Waals surface area contributed by atoms with Gasteiger partial charge in [-0.2, -0.15) is 0 Å². The molecule has 148 valence electrons. The molecule has 1 aliphatic heterocycles. The van der Waals surface area contributed by atoms with Gasteiger partial charge in [0.1, 0.15) is 0 Å². The Kier molecular flexibility index (Phi) is 6.55. The molecule has 0 aromatic heterocycles. The summed E-state index contributed by atoms with van der Waals surface area (Å²) in [6.45, 7) is 2.96. The average molecular weight is 400 g/mol. The lowest BCUT2D eigenvalue weighted by molar-refractivity contribution is -0.214. The smallest absolute Gasteiger partial charge is 0.303 e. The van der Waals surface area contributed by atoms with Crippen LogP contribution in [0.1, 0.15) is 20.8 Å². The highest BCUT2D eigenvalue weighted by molar-refractivity contribution is 7.92. The molecule has 1 heterocycles. The van der Waals surface area contributed by atoms with Crippen molar-refractivity contribution in [1.82, 2.24) is 0 Å².